The molecule has 0 N–H and O–H groups in total. The first kappa shape index (κ1) is 21.6. The van der Waals surface area contributed by atoms with Crippen LogP contribution in [-0.4, -0.2) is 23.3 Å². The highest BCUT2D eigenvalue weighted by Gasteiger charge is 2.51. The summed E-state index contributed by atoms with van der Waals surface area (Å²) in [5, 5.41) is 3.36. The molecule has 0 bridgehead atoms. The summed E-state index contributed by atoms with van der Waals surface area (Å²) in [6, 6.07) is 20.9. The van der Waals surface area contributed by atoms with Gasteiger partial charge in [-0.1, -0.05) is 67.8 Å². The van der Waals surface area contributed by atoms with Crippen LogP contribution in [0.1, 0.15) is 38.8 Å². The van der Waals surface area contributed by atoms with Crippen molar-refractivity contribution in [2.24, 2.45) is 0 Å². The van der Waals surface area contributed by atoms with E-state index in [9.17, 15) is 0 Å². The molecule has 3 aromatic carbocycles. The van der Waals surface area contributed by atoms with Crippen LogP contribution in [0, 0.1) is 0 Å². The van der Waals surface area contributed by atoms with E-state index in [-0.39, 0.29) is 18.3 Å². The average molecular weight is 433 g/mol. The minimum absolute atomic E-state index is 0.365. The van der Waals surface area contributed by atoms with E-state index in [2.05, 4.69) is 95.5 Å². The van der Waals surface area contributed by atoms with E-state index in [1.807, 2.05) is 18.2 Å². The van der Waals surface area contributed by atoms with E-state index in [0.717, 1.165) is 49.5 Å². The largest absolute Gasteiger partial charge is 0.494 e. The highest BCUT2D eigenvalue weighted by atomic mass is 16.7. The zero-order chi connectivity index (χ0) is 23.4. The van der Waals surface area contributed by atoms with Gasteiger partial charge in [0.05, 0.1) is 22.4 Å². The maximum atomic E-state index is 6.23. The van der Waals surface area contributed by atoms with Crippen molar-refractivity contribution < 1.29 is 9.31 Å². The third-order valence-corrected chi connectivity index (χ3v) is 7.06. The molecule has 0 radical (unpaired) electrons. The first-order valence-electron chi connectivity index (χ1n) is 11.3. The van der Waals surface area contributed by atoms with Gasteiger partial charge in [-0.25, -0.2) is 4.98 Å². The van der Waals surface area contributed by atoms with Crippen molar-refractivity contribution in [1.82, 2.24) is 4.98 Å². The molecule has 1 aromatic heterocycles. The maximum absolute atomic E-state index is 6.23. The summed E-state index contributed by atoms with van der Waals surface area (Å²) < 4.78 is 12.5. The van der Waals surface area contributed by atoms with Crippen LogP contribution in [0.15, 0.2) is 73.8 Å². The standard InChI is InChI=1S/C29H28BNO2/c1-7-19-18-25(24-12-10-9-11-23(24)22(19)8-2)27-15-13-20-17-21(14-16-26(20)31-27)30-32-28(3,4)29(5,6)33-30/h7-18H,1-2H2,3-6H3. The van der Waals surface area contributed by atoms with Gasteiger partial charge >= 0.3 is 7.12 Å². The van der Waals surface area contributed by atoms with E-state index in [0.29, 0.717) is 0 Å². The molecule has 0 amide bonds. The molecule has 3 nitrogen and oxygen atoms in total. The highest BCUT2D eigenvalue weighted by molar-refractivity contribution is 6.62. The van der Waals surface area contributed by atoms with Crippen LogP contribution in [0.3, 0.4) is 0 Å². The van der Waals surface area contributed by atoms with Gasteiger partial charge in [-0.2, -0.15) is 0 Å². The van der Waals surface area contributed by atoms with Crippen LogP contribution in [0.25, 0.3) is 45.1 Å². The van der Waals surface area contributed by atoms with Crippen molar-refractivity contribution in [3.05, 3.63) is 84.9 Å². The van der Waals surface area contributed by atoms with Gasteiger partial charge in [0.1, 0.15) is 0 Å². The van der Waals surface area contributed by atoms with Crippen molar-refractivity contribution >= 4 is 46.4 Å². The van der Waals surface area contributed by atoms with Crippen LogP contribution in [0.2, 0.25) is 0 Å². The van der Waals surface area contributed by atoms with E-state index in [1.54, 1.807) is 0 Å². The topological polar surface area (TPSA) is 31.4 Å². The normalized spacial score (nSPS) is 16.9. The second-order valence-electron chi connectivity index (χ2n) is 9.62. The lowest BCUT2D eigenvalue weighted by atomic mass is 9.78. The van der Waals surface area contributed by atoms with Crippen LogP contribution in [0.4, 0.5) is 0 Å². The van der Waals surface area contributed by atoms with Gasteiger partial charge in [0.25, 0.3) is 0 Å². The lowest BCUT2D eigenvalue weighted by Gasteiger charge is -2.32. The monoisotopic (exact) mass is 433 g/mol. The van der Waals surface area contributed by atoms with Gasteiger partial charge in [-0.3, -0.25) is 0 Å². The fourth-order valence-electron chi connectivity index (χ4n) is 4.45. The maximum Gasteiger partial charge on any atom is 0.494 e. The van der Waals surface area contributed by atoms with Gasteiger partial charge in [-0.05, 0) is 78.6 Å². The van der Waals surface area contributed by atoms with E-state index >= 15 is 0 Å². The number of fused-ring (bicyclic) bond motifs is 2. The smallest absolute Gasteiger partial charge is 0.399 e. The summed E-state index contributed by atoms with van der Waals surface area (Å²) in [7, 11) is -0.385. The molecule has 0 atom stereocenters. The summed E-state index contributed by atoms with van der Waals surface area (Å²) >= 11 is 0. The Morgan fingerprint density at radius 2 is 1.52 bits per heavy atom. The minimum Gasteiger partial charge on any atom is -0.399 e. The van der Waals surface area contributed by atoms with Gasteiger partial charge in [0.2, 0.25) is 0 Å². The molecular weight excluding hydrogens is 405 g/mol. The molecule has 5 rings (SSSR count). The summed E-state index contributed by atoms with van der Waals surface area (Å²) in [6.45, 7) is 16.3. The number of rotatable bonds is 4. The molecule has 2 heterocycles. The fourth-order valence-corrected chi connectivity index (χ4v) is 4.45. The van der Waals surface area contributed by atoms with Gasteiger partial charge in [-0.15, -0.1) is 0 Å². The summed E-state index contributed by atoms with van der Waals surface area (Å²) in [4.78, 5) is 5.01. The number of pyridine rings is 1. The minimum atomic E-state index is -0.385. The summed E-state index contributed by atoms with van der Waals surface area (Å²) in [5.41, 5.74) is 5.37. The molecule has 4 aromatic rings. The Morgan fingerprint density at radius 3 is 2.18 bits per heavy atom. The third kappa shape index (κ3) is 3.51. The molecular formula is C29H28BNO2. The van der Waals surface area contributed by atoms with Crippen LogP contribution < -0.4 is 5.46 Å². The van der Waals surface area contributed by atoms with Crippen LogP contribution in [0.5, 0.6) is 0 Å². The molecule has 1 saturated heterocycles. The average Bonchev–Trinajstić information content (AvgIpc) is 3.03. The number of benzene rings is 3. The number of nitrogens with zero attached hydrogens (tertiary/aromatic N) is 1. The predicted octanol–water partition coefficient (Wildman–Crippen LogP) is 6.64. The molecule has 0 aliphatic carbocycles. The van der Waals surface area contributed by atoms with Crippen molar-refractivity contribution in [3.8, 4) is 11.3 Å². The Morgan fingerprint density at radius 1 is 0.818 bits per heavy atom. The lowest BCUT2D eigenvalue weighted by Crippen LogP contribution is -2.41. The van der Waals surface area contributed by atoms with Gasteiger partial charge < -0.3 is 9.31 Å². The van der Waals surface area contributed by atoms with E-state index in [4.69, 9.17) is 14.3 Å². The zero-order valence-corrected chi connectivity index (χ0v) is 19.7. The molecule has 164 valence electrons. The molecule has 1 aliphatic heterocycles. The molecule has 0 unspecified atom stereocenters. The van der Waals surface area contributed by atoms with Gasteiger partial charge in [0.15, 0.2) is 0 Å². The van der Waals surface area contributed by atoms with Crippen molar-refractivity contribution in [3.63, 3.8) is 0 Å². The Hall–Kier alpha value is -3.21. The Kier molecular flexibility index (Phi) is 5.04. The zero-order valence-electron chi connectivity index (χ0n) is 19.7. The first-order valence-corrected chi connectivity index (χ1v) is 11.3. The second kappa shape index (κ2) is 7.69. The van der Waals surface area contributed by atoms with Crippen molar-refractivity contribution in [2.75, 3.05) is 0 Å². The first-order chi connectivity index (χ1) is 15.7. The van der Waals surface area contributed by atoms with Crippen LogP contribution in [-0.2, 0) is 9.31 Å². The van der Waals surface area contributed by atoms with Crippen molar-refractivity contribution in [2.45, 2.75) is 38.9 Å². The summed E-state index contributed by atoms with van der Waals surface area (Å²) in [6.07, 6.45) is 3.78. The highest BCUT2D eigenvalue weighted by Crippen LogP contribution is 2.37. The quantitative estimate of drug-likeness (QED) is 0.338. The fraction of sp³-hybridized carbons (Fsp3) is 0.207. The van der Waals surface area contributed by atoms with E-state index in [1.165, 1.54) is 0 Å². The van der Waals surface area contributed by atoms with E-state index < -0.39 is 0 Å². The number of aromatic nitrogens is 1. The Labute approximate surface area is 195 Å². The molecule has 33 heavy (non-hydrogen) atoms. The number of hydrogen-bond donors (Lipinski definition) is 0. The van der Waals surface area contributed by atoms with Gasteiger partial charge in [0, 0.05) is 5.56 Å². The second-order valence-corrected chi connectivity index (χ2v) is 9.62. The lowest BCUT2D eigenvalue weighted by molar-refractivity contribution is 0.00578. The molecule has 1 aliphatic rings. The predicted molar refractivity (Wildman–Crippen MR) is 141 cm³/mol. The SMILES string of the molecule is C=Cc1cc(-c2ccc3cc(B4OC(C)(C)C(C)(C)O4)ccc3n2)c2ccccc2c1C=C. The Bertz CT molecular complexity index is 1400. The molecule has 0 spiro atoms. The summed E-state index contributed by atoms with van der Waals surface area (Å²) in [5.74, 6) is 0. The van der Waals surface area contributed by atoms with Crippen LogP contribution >= 0.6 is 0 Å². The van der Waals surface area contributed by atoms with Crippen molar-refractivity contribution in [1.29, 1.82) is 0 Å². The number of hydrogen-bond acceptors (Lipinski definition) is 3. The molecule has 4 heteroatoms. The molecule has 0 saturated carbocycles. The Balaban J connectivity index is 1.59. The molecule has 1 fully saturated rings. The third-order valence-electron chi connectivity index (χ3n) is 7.06.